The van der Waals surface area contributed by atoms with Crippen molar-refractivity contribution in [2.24, 2.45) is 0 Å². The van der Waals surface area contributed by atoms with Crippen LogP contribution in [0.2, 0.25) is 0 Å². The maximum absolute atomic E-state index is 13.3. The van der Waals surface area contributed by atoms with Gasteiger partial charge in [-0.1, -0.05) is 0 Å². The van der Waals surface area contributed by atoms with Gasteiger partial charge in [0.05, 0.1) is 25.2 Å². The van der Waals surface area contributed by atoms with Crippen LogP contribution in [0, 0.1) is 12.7 Å². The number of halogens is 1. The smallest absolute Gasteiger partial charge is 0.318 e. The monoisotopic (exact) mass is 209 g/mol. The highest BCUT2D eigenvalue weighted by atomic mass is 19.1. The molecule has 0 N–H and O–H groups in total. The third-order valence-corrected chi connectivity index (χ3v) is 1.68. The Balaban J connectivity index is 2.51. The molecular formula is C8H8FN5O. The SMILES string of the molecule is COc1ncc(F)c(-n2ncc(C)n2)n1. The zero-order valence-electron chi connectivity index (χ0n) is 8.18. The molecule has 0 aliphatic rings. The summed E-state index contributed by atoms with van der Waals surface area (Å²) in [6.45, 7) is 1.75. The summed E-state index contributed by atoms with van der Waals surface area (Å²) in [6, 6.07) is 0.0707. The molecule has 0 saturated heterocycles. The van der Waals surface area contributed by atoms with E-state index in [1.165, 1.54) is 13.3 Å². The van der Waals surface area contributed by atoms with Gasteiger partial charge in [0.25, 0.3) is 0 Å². The van der Waals surface area contributed by atoms with Crippen LogP contribution in [-0.2, 0) is 0 Å². The van der Waals surface area contributed by atoms with E-state index < -0.39 is 5.82 Å². The minimum atomic E-state index is -0.605. The molecule has 0 aliphatic heterocycles. The second kappa shape index (κ2) is 3.60. The molecule has 0 bridgehead atoms. The molecule has 2 heterocycles. The Morgan fingerprint density at radius 2 is 2.20 bits per heavy atom. The molecule has 2 rings (SSSR count). The Labute approximate surface area is 84.7 Å². The molecule has 0 atom stereocenters. The molecule has 0 unspecified atom stereocenters. The largest absolute Gasteiger partial charge is 0.467 e. The van der Waals surface area contributed by atoms with E-state index in [-0.39, 0.29) is 11.8 Å². The highest BCUT2D eigenvalue weighted by Gasteiger charge is 2.11. The first kappa shape index (κ1) is 9.50. The van der Waals surface area contributed by atoms with E-state index in [0.717, 1.165) is 11.0 Å². The van der Waals surface area contributed by atoms with Crippen molar-refractivity contribution in [3.63, 3.8) is 0 Å². The van der Waals surface area contributed by atoms with Crippen LogP contribution in [0.3, 0.4) is 0 Å². The second-order valence-electron chi connectivity index (χ2n) is 2.80. The summed E-state index contributed by atoms with van der Waals surface area (Å²) >= 11 is 0. The molecule has 0 aliphatic carbocycles. The molecule has 0 amide bonds. The lowest BCUT2D eigenvalue weighted by Crippen LogP contribution is -2.07. The molecule has 6 nitrogen and oxygen atoms in total. The van der Waals surface area contributed by atoms with E-state index in [1.54, 1.807) is 6.92 Å². The Bertz CT molecular complexity index is 484. The van der Waals surface area contributed by atoms with Gasteiger partial charge in [-0.25, -0.2) is 9.37 Å². The van der Waals surface area contributed by atoms with Gasteiger partial charge in [0.1, 0.15) is 0 Å². The van der Waals surface area contributed by atoms with E-state index in [0.29, 0.717) is 5.69 Å². The molecule has 0 radical (unpaired) electrons. The third kappa shape index (κ3) is 1.76. The normalized spacial score (nSPS) is 10.3. The van der Waals surface area contributed by atoms with Gasteiger partial charge in [-0.15, -0.1) is 4.80 Å². The van der Waals surface area contributed by atoms with Gasteiger partial charge in [-0.3, -0.25) is 0 Å². The maximum Gasteiger partial charge on any atom is 0.318 e. The van der Waals surface area contributed by atoms with Crippen molar-refractivity contribution in [3.8, 4) is 11.8 Å². The van der Waals surface area contributed by atoms with Crippen LogP contribution in [0.25, 0.3) is 5.82 Å². The van der Waals surface area contributed by atoms with Gasteiger partial charge in [-0.2, -0.15) is 15.2 Å². The Morgan fingerprint density at radius 1 is 1.40 bits per heavy atom. The summed E-state index contributed by atoms with van der Waals surface area (Å²) in [5.41, 5.74) is 0.673. The first-order chi connectivity index (χ1) is 7.20. The van der Waals surface area contributed by atoms with Gasteiger partial charge in [0, 0.05) is 0 Å². The standard InChI is InChI=1S/C8H8FN5O/c1-5-3-11-14(13-5)7-6(9)4-10-8(12-7)15-2/h3-4H,1-2H3. The van der Waals surface area contributed by atoms with Crippen molar-refractivity contribution in [2.75, 3.05) is 7.11 Å². The number of methoxy groups -OCH3 is 1. The van der Waals surface area contributed by atoms with Gasteiger partial charge < -0.3 is 4.74 Å². The van der Waals surface area contributed by atoms with E-state index in [4.69, 9.17) is 4.74 Å². The average Bonchev–Trinajstić information content (AvgIpc) is 2.65. The van der Waals surface area contributed by atoms with Crippen LogP contribution in [0.5, 0.6) is 6.01 Å². The molecule has 7 heteroatoms. The number of hydrogen-bond acceptors (Lipinski definition) is 5. The van der Waals surface area contributed by atoms with E-state index in [1.807, 2.05) is 0 Å². The molecule has 15 heavy (non-hydrogen) atoms. The number of rotatable bonds is 2. The van der Waals surface area contributed by atoms with Crippen molar-refractivity contribution in [3.05, 3.63) is 23.9 Å². The molecule has 0 spiro atoms. The second-order valence-corrected chi connectivity index (χ2v) is 2.80. The van der Waals surface area contributed by atoms with Crippen molar-refractivity contribution in [1.29, 1.82) is 0 Å². The average molecular weight is 209 g/mol. The first-order valence-electron chi connectivity index (χ1n) is 4.16. The lowest BCUT2D eigenvalue weighted by atomic mass is 10.5. The molecule has 0 saturated carbocycles. The maximum atomic E-state index is 13.3. The highest BCUT2D eigenvalue weighted by Crippen LogP contribution is 2.10. The summed E-state index contributed by atoms with van der Waals surface area (Å²) in [7, 11) is 1.40. The van der Waals surface area contributed by atoms with Crippen LogP contribution >= 0.6 is 0 Å². The van der Waals surface area contributed by atoms with Crippen LogP contribution in [0.1, 0.15) is 5.69 Å². The highest BCUT2D eigenvalue weighted by molar-refractivity contribution is 5.21. The van der Waals surface area contributed by atoms with E-state index in [9.17, 15) is 4.39 Å². The van der Waals surface area contributed by atoms with Crippen molar-refractivity contribution in [2.45, 2.75) is 6.92 Å². The zero-order valence-corrected chi connectivity index (χ0v) is 8.18. The van der Waals surface area contributed by atoms with Gasteiger partial charge in [-0.05, 0) is 6.92 Å². The molecule has 78 valence electrons. The number of ether oxygens (including phenoxy) is 1. The van der Waals surface area contributed by atoms with Crippen molar-refractivity contribution in [1.82, 2.24) is 25.0 Å². The summed E-state index contributed by atoms with van der Waals surface area (Å²) in [6.07, 6.45) is 2.52. The Kier molecular flexibility index (Phi) is 2.28. The molecule has 2 aromatic rings. The van der Waals surface area contributed by atoms with Crippen LogP contribution in [0.15, 0.2) is 12.4 Å². The fourth-order valence-electron chi connectivity index (χ4n) is 1.02. The zero-order chi connectivity index (χ0) is 10.8. The topological polar surface area (TPSA) is 65.7 Å². The summed E-state index contributed by atoms with van der Waals surface area (Å²) in [4.78, 5) is 8.51. The minimum absolute atomic E-state index is 0.0325. The molecule has 0 aromatic carbocycles. The number of hydrogen-bond donors (Lipinski definition) is 0. The van der Waals surface area contributed by atoms with E-state index >= 15 is 0 Å². The predicted molar refractivity (Wildman–Crippen MR) is 48.2 cm³/mol. The van der Waals surface area contributed by atoms with Crippen molar-refractivity contribution >= 4 is 0 Å². The van der Waals surface area contributed by atoms with Gasteiger partial charge in [0.15, 0.2) is 5.82 Å². The first-order valence-corrected chi connectivity index (χ1v) is 4.16. The lowest BCUT2D eigenvalue weighted by Gasteiger charge is -2.01. The Hall–Kier alpha value is -2.05. The van der Waals surface area contributed by atoms with Crippen LogP contribution in [0.4, 0.5) is 4.39 Å². The van der Waals surface area contributed by atoms with Gasteiger partial charge in [0.2, 0.25) is 5.82 Å². The minimum Gasteiger partial charge on any atom is -0.467 e. The van der Waals surface area contributed by atoms with E-state index in [2.05, 4.69) is 20.2 Å². The molecule has 0 fully saturated rings. The molecular weight excluding hydrogens is 201 g/mol. The summed E-state index contributed by atoms with van der Waals surface area (Å²) in [5, 5.41) is 7.78. The quantitative estimate of drug-likeness (QED) is 0.721. The third-order valence-electron chi connectivity index (χ3n) is 1.68. The van der Waals surface area contributed by atoms with Crippen LogP contribution in [-0.4, -0.2) is 32.1 Å². The molecule has 2 aromatic heterocycles. The predicted octanol–water partition coefficient (Wildman–Crippen LogP) is 0.513. The fourth-order valence-corrected chi connectivity index (χ4v) is 1.02. The Morgan fingerprint density at radius 3 is 2.80 bits per heavy atom. The number of nitrogens with zero attached hydrogens (tertiary/aromatic N) is 5. The summed E-state index contributed by atoms with van der Waals surface area (Å²) in [5.74, 6) is -0.638. The number of aromatic nitrogens is 5. The number of aryl methyl sites for hydroxylation is 1. The van der Waals surface area contributed by atoms with Gasteiger partial charge >= 0.3 is 6.01 Å². The van der Waals surface area contributed by atoms with Crippen molar-refractivity contribution < 1.29 is 9.13 Å². The fraction of sp³-hybridized carbons (Fsp3) is 0.250. The summed E-state index contributed by atoms with van der Waals surface area (Å²) < 4.78 is 18.1. The van der Waals surface area contributed by atoms with Crippen LogP contribution < -0.4 is 4.74 Å². The lowest BCUT2D eigenvalue weighted by molar-refractivity contribution is 0.374.